The Kier molecular flexibility index (Phi) is 6.67. The zero-order valence-corrected chi connectivity index (χ0v) is 22.6. The van der Waals surface area contributed by atoms with Crippen molar-refractivity contribution >= 4 is 29.4 Å². The van der Waals surface area contributed by atoms with Crippen molar-refractivity contribution in [2.45, 2.75) is 33.1 Å². The van der Waals surface area contributed by atoms with Crippen LogP contribution < -0.4 is 0 Å². The number of aliphatic hydroxyl groups excluding tert-OH is 1. The number of benzene rings is 2. The van der Waals surface area contributed by atoms with Gasteiger partial charge >= 0.3 is 11.9 Å². The van der Waals surface area contributed by atoms with Gasteiger partial charge in [-0.2, -0.15) is 0 Å². The zero-order valence-electron chi connectivity index (χ0n) is 22.6. The molecule has 0 radical (unpaired) electrons. The Morgan fingerprint density at radius 3 is 2.08 bits per heavy atom. The van der Waals surface area contributed by atoms with E-state index in [4.69, 9.17) is 9.47 Å². The maximum Gasteiger partial charge on any atom is 0.335 e. The van der Waals surface area contributed by atoms with E-state index >= 15 is 0 Å². The summed E-state index contributed by atoms with van der Waals surface area (Å²) in [6.45, 7) is 3.30. The monoisotopic (exact) mass is 524 g/mol. The third-order valence-corrected chi connectivity index (χ3v) is 8.62. The molecule has 3 aliphatic carbocycles. The average molecular weight is 525 g/mol. The molecule has 1 saturated carbocycles. The van der Waals surface area contributed by atoms with E-state index < -0.39 is 28.7 Å². The highest BCUT2D eigenvalue weighted by atomic mass is 16.5. The van der Waals surface area contributed by atoms with Crippen molar-refractivity contribution in [2.24, 2.45) is 16.7 Å². The third-order valence-electron chi connectivity index (χ3n) is 8.62. The molecule has 2 bridgehead atoms. The molecule has 0 aromatic heterocycles. The fourth-order valence-electron chi connectivity index (χ4n) is 7.41. The first kappa shape index (κ1) is 26.4. The van der Waals surface area contributed by atoms with Crippen molar-refractivity contribution < 1.29 is 29.0 Å². The van der Waals surface area contributed by atoms with Crippen LogP contribution in [0.5, 0.6) is 0 Å². The lowest BCUT2D eigenvalue weighted by Crippen LogP contribution is -2.37. The van der Waals surface area contributed by atoms with Gasteiger partial charge in [0, 0.05) is 11.5 Å². The number of allylic oxidation sites excluding steroid dienone is 4. The van der Waals surface area contributed by atoms with E-state index in [1.54, 1.807) is 0 Å². The minimum atomic E-state index is -1.49. The number of hydrogen-bond acceptors (Lipinski definition) is 6. The number of carbonyl (C=O) groups excluding carboxylic acids is 3. The molecule has 1 spiro atoms. The summed E-state index contributed by atoms with van der Waals surface area (Å²) in [5.74, 6) is -2.55. The van der Waals surface area contributed by atoms with Gasteiger partial charge in [-0.15, -0.1) is 0 Å². The maximum atomic E-state index is 13.8. The Balaban J connectivity index is 2.00. The summed E-state index contributed by atoms with van der Waals surface area (Å²) in [5.41, 5.74) is 2.15. The SMILES string of the molecule is COC(=O)C1=C(C(=O)OC)C23C(=C(c4ccccc4)C1(/C(O)=C/C(C)=O)C2C)CCC/C3=C\c1ccccc1. The largest absolute Gasteiger partial charge is 0.511 e. The summed E-state index contributed by atoms with van der Waals surface area (Å²) in [4.78, 5) is 39.9. The van der Waals surface area contributed by atoms with Crippen molar-refractivity contribution in [1.29, 1.82) is 0 Å². The number of methoxy groups -OCH3 is 2. The molecular formula is C33H32O6. The summed E-state index contributed by atoms with van der Waals surface area (Å²) < 4.78 is 10.6. The van der Waals surface area contributed by atoms with E-state index in [0.29, 0.717) is 12.8 Å². The van der Waals surface area contributed by atoms with E-state index in [2.05, 4.69) is 6.08 Å². The number of fused-ring (bicyclic) bond motifs is 1. The van der Waals surface area contributed by atoms with Gasteiger partial charge < -0.3 is 14.6 Å². The predicted octanol–water partition coefficient (Wildman–Crippen LogP) is 6.02. The molecule has 6 heteroatoms. The molecule has 0 heterocycles. The summed E-state index contributed by atoms with van der Waals surface area (Å²) >= 11 is 0. The number of ether oxygens (including phenoxy) is 2. The highest BCUT2D eigenvalue weighted by Crippen LogP contribution is 2.78. The molecule has 3 unspecified atom stereocenters. The van der Waals surface area contributed by atoms with E-state index in [9.17, 15) is 19.5 Å². The van der Waals surface area contributed by atoms with Gasteiger partial charge in [-0.25, -0.2) is 9.59 Å². The van der Waals surface area contributed by atoms with Gasteiger partial charge in [0.05, 0.1) is 30.8 Å². The summed E-state index contributed by atoms with van der Waals surface area (Å²) in [5, 5.41) is 11.9. The van der Waals surface area contributed by atoms with Crippen LogP contribution in [0.2, 0.25) is 0 Å². The molecule has 1 fully saturated rings. The van der Waals surface area contributed by atoms with Crippen LogP contribution >= 0.6 is 0 Å². The van der Waals surface area contributed by atoms with Gasteiger partial charge in [-0.3, -0.25) is 4.79 Å². The molecule has 6 nitrogen and oxygen atoms in total. The number of ketones is 1. The van der Waals surface area contributed by atoms with Gasteiger partial charge in [0.15, 0.2) is 5.78 Å². The fraction of sp³-hybridized carbons (Fsp3) is 0.303. The van der Waals surface area contributed by atoms with Crippen LogP contribution in [0.4, 0.5) is 0 Å². The molecule has 1 N–H and O–H groups in total. The van der Waals surface area contributed by atoms with Gasteiger partial charge in [-0.1, -0.05) is 79.2 Å². The van der Waals surface area contributed by atoms with Crippen molar-refractivity contribution in [3.05, 3.63) is 106 Å². The Bertz CT molecular complexity index is 1480. The van der Waals surface area contributed by atoms with Crippen molar-refractivity contribution in [3.8, 4) is 0 Å². The Hall–Kier alpha value is -4.19. The van der Waals surface area contributed by atoms with Crippen LogP contribution in [0.1, 0.15) is 44.2 Å². The van der Waals surface area contributed by atoms with Crippen molar-refractivity contribution in [2.75, 3.05) is 14.2 Å². The van der Waals surface area contributed by atoms with Gasteiger partial charge in [0.2, 0.25) is 0 Å². The Morgan fingerprint density at radius 2 is 1.49 bits per heavy atom. The number of carbonyl (C=O) groups is 3. The highest BCUT2D eigenvalue weighted by molar-refractivity contribution is 6.12. The fourth-order valence-corrected chi connectivity index (χ4v) is 7.41. The van der Waals surface area contributed by atoms with Crippen LogP contribution in [-0.4, -0.2) is 37.0 Å². The summed E-state index contributed by atoms with van der Waals surface area (Å²) in [7, 11) is 2.55. The lowest BCUT2D eigenvalue weighted by molar-refractivity contribution is -0.140. The van der Waals surface area contributed by atoms with Crippen LogP contribution in [0, 0.1) is 16.7 Å². The third kappa shape index (κ3) is 3.58. The van der Waals surface area contributed by atoms with Crippen molar-refractivity contribution in [3.63, 3.8) is 0 Å². The smallest absolute Gasteiger partial charge is 0.335 e. The van der Waals surface area contributed by atoms with E-state index in [0.717, 1.165) is 40.3 Å². The van der Waals surface area contributed by atoms with Crippen molar-refractivity contribution in [1.82, 2.24) is 0 Å². The van der Waals surface area contributed by atoms with Crippen LogP contribution in [0.3, 0.4) is 0 Å². The number of hydrogen-bond donors (Lipinski definition) is 1. The molecule has 3 atom stereocenters. The standard InChI is InChI=1S/C33H32O6/c1-20(34)18-26(35)33-21(2)32(28(30(36)38-3)29(33)31(37)39-4)24(19-22-12-7-5-8-13-22)16-11-17-25(32)27(33)23-14-9-6-10-15-23/h5-10,12-15,18-19,21,35H,11,16-17H2,1-4H3/b24-19+,26-18-. The first-order valence-corrected chi connectivity index (χ1v) is 13.1. The molecule has 39 heavy (non-hydrogen) atoms. The second-order valence-electron chi connectivity index (χ2n) is 10.4. The number of rotatable bonds is 6. The molecule has 0 amide bonds. The maximum absolute atomic E-state index is 13.8. The lowest BCUT2D eigenvalue weighted by Gasteiger charge is -2.42. The van der Waals surface area contributed by atoms with Crippen LogP contribution in [0.25, 0.3) is 11.6 Å². The molecule has 5 rings (SSSR count). The van der Waals surface area contributed by atoms with E-state index in [-0.39, 0.29) is 22.7 Å². The topological polar surface area (TPSA) is 89.9 Å². The highest BCUT2D eigenvalue weighted by Gasteiger charge is 2.74. The van der Waals surface area contributed by atoms with Gasteiger partial charge in [0.1, 0.15) is 5.76 Å². The second kappa shape index (κ2) is 9.84. The van der Waals surface area contributed by atoms with E-state index in [1.807, 2.05) is 67.6 Å². The lowest BCUT2D eigenvalue weighted by atomic mass is 9.60. The molecule has 200 valence electrons. The molecule has 0 saturated heterocycles. The summed E-state index contributed by atoms with van der Waals surface area (Å²) in [6.07, 6.45) is 5.42. The van der Waals surface area contributed by atoms with Crippen LogP contribution in [0.15, 0.2) is 94.8 Å². The molecule has 3 aliphatic rings. The predicted molar refractivity (Wildman–Crippen MR) is 148 cm³/mol. The first-order valence-electron chi connectivity index (χ1n) is 13.1. The molecule has 2 aromatic rings. The van der Waals surface area contributed by atoms with Gasteiger partial charge in [-0.05, 0) is 54.4 Å². The zero-order chi connectivity index (χ0) is 27.9. The molecule has 2 aromatic carbocycles. The Labute approximate surface area is 228 Å². The van der Waals surface area contributed by atoms with Crippen LogP contribution in [-0.2, 0) is 23.9 Å². The van der Waals surface area contributed by atoms with E-state index in [1.165, 1.54) is 21.1 Å². The van der Waals surface area contributed by atoms with Gasteiger partial charge in [0.25, 0.3) is 0 Å². The Morgan fingerprint density at radius 1 is 0.897 bits per heavy atom. The normalized spacial score (nSPS) is 27.0. The number of aliphatic hydroxyl groups is 1. The quantitative estimate of drug-likeness (QED) is 0.283. The minimum Gasteiger partial charge on any atom is -0.511 e. The first-order chi connectivity index (χ1) is 18.8. The summed E-state index contributed by atoms with van der Waals surface area (Å²) in [6, 6.07) is 19.4. The second-order valence-corrected chi connectivity index (χ2v) is 10.4. The average Bonchev–Trinajstić information content (AvgIpc) is 3.32. The number of esters is 2. The minimum absolute atomic E-state index is 0.0304. The molecule has 0 aliphatic heterocycles. The molecular weight excluding hydrogens is 492 g/mol.